The van der Waals surface area contributed by atoms with Gasteiger partial charge in [0.15, 0.2) is 0 Å². The molecule has 140 valence electrons. The first-order chi connectivity index (χ1) is 13.0. The lowest BCUT2D eigenvalue weighted by molar-refractivity contribution is -0.138. The Morgan fingerprint density at radius 1 is 1.04 bits per heavy atom. The lowest BCUT2D eigenvalue weighted by Gasteiger charge is -2.17. The zero-order valence-electron chi connectivity index (χ0n) is 14.8. The van der Waals surface area contributed by atoms with Gasteiger partial charge in [0.05, 0.1) is 0 Å². The summed E-state index contributed by atoms with van der Waals surface area (Å²) < 4.78 is 5.34. The zero-order chi connectivity index (χ0) is 19.4. The molecule has 0 aliphatic heterocycles. The highest BCUT2D eigenvalue weighted by Gasteiger charge is 2.29. The van der Waals surface area contributed by atoms with E-state index in [0.717, 1.165) is 22.3 Å². The number of fused-ring (bicyclic) bond motifs is 3. The first-order valence-electron chi connectivity index (χ1n) is 8.58. The third kappa shape index (κ3) is 4.08. The summed E-state index contributed by atoms with van der Waals surface area (Å²) in [6.45, 7) is 1.09. The average Bonchev–Trinajstić information content (AvgIpc) is 2.98. The highest BCUT2D eigenvalue weighted by molar-refractivity contribution is 5.87. The van der Waals surface area contributed by atoms with Crippen molar-refractivity contribution in [1.29, 1.82) is 0 Å². The number of rotatable bonds is 6. The molecule has 0 fully saturated rings. The van der Waals surface area contributed by atoms with Crippen molar-refractivity contribution in [2.45, 2.75) is 18.9 Å². The quantitative estimate of drug-likeness (QED) is 0.677. The van der Waals surface area contributed by atoms with Crippen LogP contribution in [0, 0.1) is 0 Å². The first-order valence-corrected chi connectivity index (χ1v) is 8.58. The number of carboxylic acid groups (broad SMARTS) is 1. The van der Waals surface area contributed by atoms with Crippen molar-refractivity contribution in [2.24, 2.45) is 0 Å². The predicted octanol–water partition coefficient (Wildman–Crippen LogP) is 2.11. The number of nitrogens with one attached hydrogen (secondary N) is 2. The summed E-state index contributed by atoms with van der Waals surface area (Å²) >= 11 is 0. The van der Waals surface area contributed by atoms with Crippen molar-refractivity contribution in [3.8, 4) is 11.1 Å². The minimum atomic E-state index is -1.16. The molecule has 1 unspecified atom stereocenters. The van der Waals surface area contributed by atoms with Gasteiger partial charge in [0.1, 0.15) is 19.2 Å². The number of hydrogen-bond acceptors (Lipinski definition) is 4. The fraction of sp³-hybridized carbons (Fsp3) is 0.250. The molecule has 1 aliphatic carbocycles. The van der Waals surface area contributed by atoms with Gasteiger partial charge in [-0.25, -0.2) is 4.79 Å². The van der Waals surface area contributed by atoms with Crippen LogP contribution >= 0.6 is 0 Å². The van der Waals surface area contributed by atoms with Crippen molar-refractivity contribution in [2.75, 3.05) is 13.2 Å². The van der Waals surface area contributed by atoms with Gasteiger partial charge in [0.25, 0.3) is 0 Å². The molecule has 7 heteroatoms. The van der Waals surface area contributed by atoms with Crippen LogP contribution in [0.2, 0.25) is 0 Å². The molecule has 1 aliphatic rings. The summed E-state index contributed by atoms with van der Waals surface area (Å²) in [5.74, 6) is -1.82. The van der Waals surface area contributed by atoms with E-state index in [4.69, 9.17) is 9.84 Å². The molecular weight excluding hydrogens is 349 g/mol. The normalized spacial score (nSPS) is 13.2. The summed E-state index contributed by atoms with van der Waals surface area (Å²) in [7, 11) is 0. The second-order valence-corrected chi connectivity index (χ2v) is 6.30. The zero-order valence-corrected chi connectivity index (χ0v) is 14.8. The summed E-state index contributed by atoms with van der Waals surface area (Å²) in [6.07, 6.45) is -0.727. The van der Waals surface area contributed by atoms with Crippen LogP contribution in [-0.2, 0) is 14.3 Å². The Labute approximate surface area is 156 Å². The van der Waals surface area contributed by atoms with Crippen LogP contribution in [0.5, 0.6) is 0 Å². The van der Waals surface area contributed by atoms with Crippen molar-refractivity contribution >= 4 is 18.0 Å². The van der Waals surface area contributed by atoms with E-state index in [0.29, 0.717) is 0 Å². The van der Waals surface area contributed by atoms with Gasteiger partial charge < -0.3 is 20.5 Å². The number of carbonyl (C=O) groups is 3. The summed E-state index contributed by atoms with van der Waals surface area (Å²) in [5, 5.41) is 13.2. The second-order valence-electron chi connectivity index (χ2n) is 6.30. The molecule has 1 atom stereocenters. The Morgan fingerprint density at radius 3 is 2.15 bits per heavy atom. The minimum Gasteiger partial charge on any atom is -0.480 e. The number of hydrogen-bond donors (Lipinski definition) is 3. The molecule has 0 saturated heterocycles. The fourth-order valence-electron chi connectivity index (χ4n) is 3.20. The van der Waals surface area contributed by atoms with Crippen molar-refractivity contribution in [1.82, 2.24) is 10.6 Å². The maximum absolute atomic E-state index is 12.0. The van der Waals surface area contributed by atoms with Crippen LogP contribution in [0.3, 0.4) is 0 Å². The van der Waals surface area contributed by atoms with E-state index >= 15 is 0 Å². The minimum absolute atomic E-state index is 0.0701. The van der Waals surface area contributed by atoms with E-state index in [1.807, 2.05) is 48.5 Å². The average molecular weight is 369 g/mol. The van der Waals surface area contributed by atoms with Gasteiger partial charge in [-0.15, -0.1) is 0 Å². The Bertz CT molecular complexity index is 835. The third-order valence-corrected chi connectivity index (χ3v) is 4.49. The van der Waals surface area contributed by atoms with Crippen molar-refractivity contribution in [3.63, 3.8) is 0 Å². The number of carbonyl (C=O) groups excluding carboxylic acids is 2. The summed E-state index contributed by atoms with van der Waals surface area (Å²) in [6, 6.07) is 15.1. The van der Waals surface area contributed by atoms with Crippen LogP contribution in [0.15, 0.2) is 48.5 Å². The standard InChI is InChI=1S/C20H20N2O5/c1-12(19(25)21-10-18(23)24)22-20(26)27-11-17-15-8-4-2-6-13(15)14-7-3-5-9-16(14)17/h2-9,12,17H,10-11H2,1H3,(H,21,25)(H,22,26)(H,23,24)/i21+1. The smallest absolute Gasteiger partial charge is 0.407 e. The molecule has 3 N–H and O–H groups in total. The molecule has 3 rings (SSSR count). The topological polar surface area (TPSA) is 105 Å². The van der Waals surface area contributed by atoms with E-state index in [1.54, 1.807) is 0 Å². The van der Waals surface area contributed by atoms with Gasteiger partial charge in [-0.05, 0) is 29.2 Å². The monoisotopic (exact) mass is 369 g/mol. The molecule has 2 aromatic carbocycles. The molecule has 27 heavy (non-hydrogen) atoms. The molecule has 0 bridgehead atoms. The van der Waals surface area contributed by atoms with Crippen molar-refractivity contribution in [3.05, 3.63) is 59.7 Å². The van der Waals surface area contributed by atoms with Crippen LogP contribution in [0.4, 0.5) is 4.79 Å². The highest BCUT2D eigenvalue weighted by Crippen LogP contribution is 2.44. The van der Waals surface area contributed by atoms with E-state index in [2.05, 4.69) is 10.6 Å². The van der Waals surface area contributed by atoms with Gasteiger partial charge in [-0.1, -0.05) is 48.5 Å². The Balaban J connectivity index is 1.61. The van der Waals surface area contributed by atoms with Crippen LogP contribution in [-0.4, -0.2) is 42.3 Å². The van der Waals surface area contributed by atoms with Crippen LogP contribution < -0.4 is 10.6 Å². The van der Waals surface area contributed by atoms with E-state index in [9.17, 15) is 14.4 Å². The van der Waals surface area contributed by atoms with Gasteiger partial charge >= 0.3 is 12.1 Å². The molecule has 2 amide bonds. The van der Waals surface area contributed by atoms with E-state index in [1.165, 1.54) is 6.92 Å². The molecule has 0 aromatic heterocycles. The van der Waals surface area contributed by atoms with Gasteiger partial charge in [0.2, 0.25) is 5.91 Å². The third-order valence-electron chi connectivity index (χ3n) is 4.49. The first kappa shape index (κ1) is 18.4. The molecule has 0 saturated carbocycles. The lowest BCUT2D eigenvalue weighted by atomic mass is 9.98. The van der Waals surface area contributed by atoms with Gasteiger partial charge in [-0.2, -0.15) is 0 Å². The Morgan fingerprint density at radius 2 is 1.59 bits per heavy atom. The van der Waals surface area contributed by atoms with Crippen molar-refractivity contribution < 1.29 is 24.2 Å². The maximum Gasteiger partial charge on any atom is 0.407 e. The van der Waals surface area contributed by atoms with Crippen LogP contribution in [0.1, 0.15) is 24.0 Å². The predicted molar refractivity (Wildman–Crippen MR) is 98.3 cm³/mol. The Hall–Kier alpha value is -3.35. The number of ether oxygens (including phenoxy) is 1. The molecule has 0 spiro atoms. The number of carboxylic acids is 1. The SMILES string of the molecule is CC(NC(=O)OCC1c2ccccc2-c2ccccc21)C(=O)[15NH]CC(=O)O. The molecular formula is C20H20N2O5. The number of amides is 2. The molecule has 0 heterocycles. The number of aliphatic carboxylic acids is 1. The van der Waals surface area contributed by atoms with Crippen LogP contribution in [0.25, 0.3) is 11.1 Å². The van der Waals surface area contributed by atoms with E-state index in [-0.39, 0.29) is 12.5 Å². The van der Waals surface area contributed by atoms with E-state index < -0.39 is 30.6 Å². The molecule has 2 aromatic rings. The summed E-state index contributed by atoms with van der Waals surface area (Å²) in [4.78, 5) is 34.2. The lowest BCUT2D eigenvalue weighted by Crippen LogP contribution is -2.46. The molecule has 7 nitrogen and oxygen atoms in total. The van der Waals surface area contributed by atoms with Gasteiger partial charge in [0, 0.05) is 5.92 Å². The fourth-order valence-corrected chi connectivity index (χ4v) is 3.20. The Kier molecular flexibility index (Phi) is 5.40. The molecule has 0 radical (unpaired) electrons. The van der Waals surface area contributed by atoms with Gasteiger partial charge in [-0.3, -0.25) is 9.59 Å². The summed E-state index contributed by atoms with van der Waals surface area (Å²) in [5.41, 5.74) is 4.45. The highest BCUT2D eigenvalue weighted by atomic mass is 16.5. The largest absolute Gasteiger partial charge is 0.480 e. The number of alkyl carbamates (subject to hydrolysis) is 1. The number of benzene rings is 2. The maximum atomic E-state index is 12.0. The second kappa shape index (κ2) is 7.90.